The quantitative estimate of drug-likeness (QED) is 0.888. The molecule has 1 unspecified atom stereocenters. The molecule has 2 N–H and O–H groups in total. The fraction of sp³-hybridized carbons (Fsp3) is 0.600. The van der Waals surface area contributed by atoms with Crippen LogP contribution in [-0.2, 0) is 6.42 Å². The van der Waals surface area contributed by atoms with Crippen molar-refractivity contribution in [3.63, 3.8) is 0 Å². The summed E-state index contributed by atoms with van der Waals surface area (Å²) in [6, 6.07) is 6.88. The molecule has 1 aliphatic rings. The van der Waals surface area contributed by atoms with Gasteiger partial charge in [-0.2, -0.15) is 0 Å². The summed E-state index contributed by atoms with van der Waals surface area (Å²) in [6.07, 6.45) is 1.02. The van der Waals surface area contributed by atoms with Gasteiger partial charge in [0.25, 0.3) is 0 Å². The van der Waals surface area contributed by atoms with Crippen LogP contribution >= 0.6 is 0 Å². The Balaban J connectivity index is 2.37. The van der Waals surface area contributed by atoms with Crippen LogP contribution in [0.15, 0.2) is 18.2 Å². The van der Waals surface area contributed by atoms with Gasteiger partial charge in [0, 0.05) is 12.5 Å². The van der Waals surface area contributed by atoms with E-state index < -0.39 is 0 Å². The van der Waals surface area contributed by atoms with Crippen molar-refractivity contribution >= 4 is 0 Å². The molecule has 0 spiro atoms. The van der Waals surface area contributed by atoms with Crippen molar-refractivity contribution in [3.8, 4) is 5.75 Å². The van der Waals surface area contributed by atoms with Gasteiger partial charge in [0.15, 0.2) is 0 Å². The molecule has 1 heterocycles. The highest BCUT2D eigenvalue weighted by Crippen LogP contribution is 2.38. The molecule has 0 saturated heterocycles. The van der Waals surface area contributed by atoms with Crippen LogP contribution in [0.1, 0.15) is 31.0 Å². The summed E-state index contributed by atoms with van der Waals surface area (Å²) in [5, 5.41) is 0. The third kappa shape index (κ3) is 2.38. The van der Waals surface area contributed by atoms with Crippen LogP contribution < -0.4 is 10.5 Å². The monoisotopic (exact) mass is 248 g/mol. The van der Waals surface area contributed by atoms with Crippen molar-refractivity contribution in [1.29, 1.82) is 0 Å². The molecule has 1 atom stereocenters. The zero-order valence-corrected chi connectivity index (χ0v) is 11.9. The van der Waals surface area contributed by atoms with Crippen LogP contribution in [-0.4, -0.2) is 32.1 Å². The number of ether oxygens (including phenoxy) is 1. The second kappa shape index (κ2) is 4.90. The minimum atomic E-state index is 0.0528. The lowest BCUT2D eigenvalue weighted by Crippen LogP contribution is -2.38. The topological polar surface area (TPSA) is 38.5 Å². The average molecular weight is 248 g/mol. The molecule has 1 aromatic rings. The van der Waals surface area contributed by atoms with Gasteiger partial charge in [0.2, 0.25) is 0 Å². The lowest BCUT2D eigenvalue weighted by molar-refractivity contribution is 0.143. The SMILES string of the molecule is CN(C)C(c1ccc2c(c1)CCO2)C(C)(C)CN. The Hall–Kier alpha value is -1.06. The molecule has 1 aromatic carbocycles. The van der Waals surface area contributed by atoms with Crippen molar-refractivity contribution in [3.05, 3.63) is 29.3 Å². The number of hydrogen-bond acceptors (Lipinski definition) is 3. The Kier molecular flexibility index (Phi) is 3.64. The summed E-state index contributed by atoms with van der Waals surface area (Å²) in [7, 11) is 4.23. The Labute approximate surface area is 110 Å². The van der Waals surface area contributed by atoms with E-state index in [0.717, 1.165) is 18.8 Å². The number of nitrogens with two attached hydrogens (primary N) is 1. The molecular weight excluding hydrogens is 224 g/mol. The van der Waals surface area contributed by atoms with Gasteiger partial charge >= 0.3 is 0 Å². The van der Waals surface area contributed by atoms with Crippen molar-refractivity contribution in [2.75, 3.05) is 27.2 Å². The average Bonchev–Trinajstić information content (AvgIpc) is 2.75. The zero-order valence-electron chi connectivity index (χ0n) is 11.9. The van der Waals surface area contributed by atoms with E-state index in [9.17, 15) is 0 Å². The summed E-state index contributed by atoms with van der Waals surface area (Å²) >= 11 is 0. The maximum atomic E-state index is 5.94. The Morgan fingerprint density at radius 2 is 2.11 bits per heavy atom. The van der Waals surface area contributed by atoms with Crippen LogP contribution in [0.3, 0.4) is 0 Å². The Morgan fingerprint density at radius 3 is 2.72 bits per heavy atom. The molecule has 0 radical (unpaired) electrons. The van der Waals surface area contributed by atoms with Gasteiger partial charge in [0.05, 0.1) is 6.61 Å². The van der Waals surface area contributed by atoms with E-state index in [4.69, 9.17) is 10.5 Å². The highest BCUT2D eigenvalue weighted by atomic mass is 16.5. The molecule has 1 aliphatic heterocycles. The first kappa shape index (κ1) is 13.4. The highest BCUT2D eigenvalue weighted by Gasteiger charge is 2.32. The van der Waals surface area contributed by atoms with Gasteiger partial charge in [-0.15, -0.1) is 0 Å². The number of nitrogens with zero attached hydrogens (tertiary/aromatic N) is 1. The van der Waals surface area contributed by atoms with Crippen LogP contribution in [0, 0.1) is 5.41 Å². The molecule has 18 heavy (non-hydrogen) atoms. The standard InChI is InChI=1S/C15H24N2O/c1-15(2,10-16)14(17(3)4)12-5-6-13-11(9-12)7-8-18-13/h5-6,9,14H,7-8,10,16H2,1-4H3. The number of benzene rings is 1. The van der Waals surface area contributed by atoms with Crippen LogP contribution in [0.5, 0.6) is 5.75 Å². The predicted octanol–water partition coefficient (Wildman–Crippen LogP) is 2.21. The third-order valence-electron chi connectivity index (χ3n) is 3.81. The minimum Gasteiger partial charge on any atom is -0.493 e. The first-order chi connectivity index (χ1) is 8.45. The zero-order chi connectivity index (χ0) is 13.3. The number of rotatable bonds is 4. The molecule has 0 fully saturated rings. The van der Waals surface area contributed by atoms with Crippen LogP contribution in [0.2, 0.25) is 0 Å². The summed E-state index contributed by atoms with van der Waals surface area (Å²) in [5.41, 5.74) is 8.66. The molecular formula is C15H24N2O. The van der Waals surface area contributed by atoms with Gasteiger partial charge < -0.3 is 15.4 Å². The lowest BCUT2D eigenvalue weighted by Gasteiger charge is -2.38. The molecule has 0 aromatic heterocycles. The van der Waals surface area contributed by atoms with Crippen molar-refractivity contribution < 1.29 is 4.74 Å². The van der Waals surface area contributed by atoms with E-state index in [2.05, 4.69) is 51.0 Å². The summed E-state index contributed by atoms with van der Waals surface area (Å²) < 4.78 is 5.57. The maximum Gasteiger partial charge on any atom is 0.122 e. The molecule has 2 rings (SSSR count). The first-order valence-electron chi connectivity index (χ1n) is 6.58. The fourth-order valence-corrected chi connectivity index (χ4v) is 2.94. The van der Waals surface area contributed by atoms with Crippen molar-refractivity contribution in [2.24, 2.45) is 11.1 Å². The van der Waals surface area contributed by atoms with Gasteiger partial charge in [-0.25, -0.2) is 0 Å². The Bertz CT molecular complexity index is 427. The van der Waals surface area contributed by atoms with Crippen molar-refractivity contribution in [2.45, 2.75) is 26.3 Å². The molecule has 3 heteroatoms. The molecule has 100 valence electrons. The van der Waals surface area contributed by atoms with E-state index >= 15 is 0 Å². The van der Waals surface area contributed by atoms with E-state index in [1.807, 2.05) is 0 Å². The lowest BCUT2D eigenvalue weighted by atomic mass is 9.79. The summed E-state index contributed by atoms with van der Waals surface area (Å²) in [6.45, 7) is 5.93. The first-order valence-corrected chi connectivity index (χ1v) is 6.58. The van der Waals surface area contributed by atoms with Crippen molar-refractivity contribution in [1.82, 2.24) is 4.90 Å². The third-order valence-corrected chi connectivity index (χ3v) is 3.81. The molecule has 0 saturated carbocycles. The summed E-state index contributed by atoms with van der Waals surface area (Å²) in [5.74, 6) is 1.04. The van der Waals surface area contributed by atoms with E-state index in [1.165, 1.54) is 11.1 Å². The molecule has 3 nitrogen and oxygen atoms in total. The van der Waals surface area contributed by atoms with Gasteiger partial charge in [-0.1, -0.05) is 26.0 Å². The normalized spacial score (nSPS) is 16.6. The van der Waals surface area contributed by atoms with E-state index in [-0.39, 0.29) is 5.41 Å². The second-order valence-electron chi connectivity index (χ2n) is 6.02. The number of fused-ring (bicyclic) bond motifs is 1. The smallest absolute Gasteiger partial charge is 0.122 e. The second-order valence-corrected chi connectivity index (χ2v) is 6.02. The largest absolute Gasteiger partial charge is 0.493 e. The minimum absolute atomic E-state index is 0.0528. The van der Waals surface area contributed by atoms with E-state index in [0.29, 0.717) is 12.6 Å². The van der Waals surface area contributed by atoms with Crippen LogP contribution in [0.25, 0.3) is 0 Å². The Morgan fingerprint density at radius 1 is 1.39 bits per heavy atom. The maximum absolute atomic E-state index is 5.94. The summed E-state index contributed by atoms with van der Waals surface area (Å²) in [4.78, 5) is 2.25. The highest BCUT2D eigenvalue weighted by molar-refractivity contribution is 5.41. The van der Waals surface area contributed by atoms with Crippen LogP contribution in [0.4, 0.5) is 0 Å². The molecule has 0 aliphatic carbocycles. The van der Waals surface area contributed by atoms with Gasteiger partial charge in [-0.05, 0) is 43.2 Å². The molecule has 0 amide bonds. The fourth-order valence-electron chi connectivity index (χ4n) is 2.94. The van der Waals surface area contributed by atoms with Gasteiger partial charge in [0.1, 0.15) is 5.75 Å². The van der Waals surface area contributed by atoms with E-state index in [1.54, 1.807) is 0 Å². The predicted molar refractivity (Wildman–Crippen MR) is 74.9 cm³/mol. The molecule has 0 bridgehead atoms. The number of hydrogen-bond donors (Lipinski definition) is 1. The van der Waals surface area contributed by atoms with Gasteiger partial charge in [-0.3, -0.25) is 0 Å².